The summed E-state index contributed by atoms with van der Waals surface area (Å²) < 4.78 is 5.61. The molecule has 27 heavy (non-hydrogen) atoms. The zero-order valence-electron chi connectivity index (χ0n) is 17.6. The van der Waals surface area contributed by atoms with Crippen LogP contribution in [0.1, 0.15) is 65.4 Å². The third kappa shape index (κ3) is 5.37. The fraction of sp³-hybridized carbons (Fsp3) is 0.667. The van der Waals surface area contributed by atoms with Crippen molar-refractivity contribution >= 4 is 11.6 Å². The molecule has 3 rings (SSSR count). The first-order valence-corrected chi connectivity index (χ1v) is 10.9. The second-order valence-corrected chi connectivity index (χ2v) is 9.99. The van der Waals surface area contributed by atoms with Crippen LogP contribution in [0.15, 0.2) is 35.9 Å². The minimum Gasteiger partial charge on any atom is -0.381 e. The molecule has 1 unspecified atom stereocenters. The first-order valence-electron chi connectivity index (χ1n) is 10.5. The fourth-order valence-electron chi connectivity index (χ4n) is 4.85. The second-order valence-electron chi connectivity index (χ2n) is 9.55. The SMILES string of the molecule is CC(C)=CC(CC(C)(C)c1ccc(Cl)cc1)N1CCC2(CCOCC2)CC1. The lowest BCUT2D eigenvalue weighted by atomic mass is 9.71. The molecular weight excluding hydrogens is 354 g/mol. The molecule has 0 aromatic heterocycles. The lowest BCUT2D eigenvalue weighted by Crippen LogP contribution is -2.47. The van der Waals surface area contributed by atoms with Gasteiger partial charge in [0.05, 0.1) is 0 Å². The highest BCUT2D eigenvalue weighted by Crippen LogP contribution is 2.42. The molecule has 1 aromatic rings. The van der Waals surface area contributed by atoms with Crippen molar-refractivity contribution in [2.45, 2.75) is 71.3 Å². The van der Waals surface area contributed by atoms with E-state index in [1.54, 1.807) is 0 Å². The van der Waals surface area contributed by atoms with Gasteiger partial charge in [0.25, 0.3) is 0 Å². The molecule has 0 radical (unpaired) electrons. The van der Waals surface area contributed by atoms with Crippen molar-refractivity contribution in [2.75, 3.05) is 26.3 Å². The molecular formula is C24H36ClNO. The Morgan fingerprint density at radius 2 is 1.70 bits per heavy atom. The van der Waals surface area contributed by atoms with Gasteiger partial charge in [-0.05, 0) is 87.6 Å². The van der Waals surface area contributed by atoms with Gasteiger partial charge in [0.2, 0.25) is 0 Å². The molecule has 1 aromatic carbocycles. The van der Waals surface area contributed by atoms with Crippen LogP contribution >= 0.6 is 11.6 Å². The summed E-state index contributed by atoms with van der Waals surface area (Å²) in [5.74, 6) is 0. The van der Waals surface area contributed by atoms with Gasteiger partial charge in [-0.3, -0.25) is 4.90 Å². The van der Waals surface area contributed by atoms with E-state index >= 15 is 0 Å². The maximum absolute atomic E-state index is 6.10. The Kier molecular flexibility index (Phi) is 6.71. The summed E-state index contributed by atoms with van der Waals surface area (Å²) in [6, 6.07) is 8.91. The van der Waals surface area contributed by atoms with Crippen molar-refractivity contribution < 1.29 is 4.74 Å². The Bertz CT molecular complexity index is 629. The Hall–Kier alpha value is -0.830. The van der Waals surface area contributed by atoms with Crippen molar-refractivity contribution in [1.29, 1.82) is 0 Å². The normalized spacial score (nSPS) is 21.8. The number of piperidine rings is 1. The van der Waals surface area contributed by atoms with Crippen LogP contribution in [0.3, 0.4) is 0 Å². The number of nitrogens with zero attached hydrogens (tertiary/aromatic N) is 1. The third-order valence-electron chi connectivity index (χ3n) is 6.75. The summed E-state index contributed by atoms with van der Waals surface area (Å²) in [5, 5.41) is 0.813. The van der Waals surface area contributed by atoms with Crippen molar-refractivity contribution in [2.24, 2.45) is 5.41 Å². The van der Waals surface area contributed by atoms with E-state index in [-0.39, 0.29) is 5.41 Å². The van der Waals surface area contributed by atoms with Gasteiger partial charge in [0.1, 0.15) is 0 Å². The summed E-state index contributed by atoms with van der Waals surface area (Å²) in [7, 11) is 0. The van der Waals surface area contributed by atoms with E-state index in [2.05, 4.69) is 50.8 Å². The molecule has 2 aliphatic heterocycles. The van der Waals surface area contributed by atoms with Crippen LogP contribution < -0.4 is 0 Å². The molecule has 0 amide bonds. The largest absolute Gasteiger partial charge is 0.381 e. The summed E-state index contributed by atoms with van der Waals surface area (Å²) in [5.41, 5.74) is 3.46. The molecule has 0 aliphatic carbocycles. The van der Waals surface area contributed by atoms with Gasteiger partial charge in [-0.1, -0.05) is 49.2 Å². The lowest BCUT2D eigenvalue weighted by Gasteiger charge is -2.47. The van der Waals surface area contributed by atoms with E-state index < -0.39 is 0 Å². The number of benzene rings is 1. The maximum Gasteiger partial charge on any atom is 0.0471 e. The summed E-state index contributed by atoms with van der Waals surface area (Å²) in [4.78, 5) is 2.73. The predicted molar refractivity (Wildman–Crippen MR) is 116 cm³/mol. The molecule has 2 fully saturated rings. The highest BCUT2D eigenvalue weighted by molar-refractivity contribution is 6.30. The molecule has 1 atom stereocenters. The zero-order chi connectivity index (χ0) is 19.5. The molecule has 2 aliphatic rings. The van der Waals surface area contributed by atoms with Crippen molar-refractivity contribution in [3.63, 3.8) is 0 Å². The summed E-state index contributed by atoms with van der Waals surface area (Å²) in [6.45, 7) is 13.5. The van der Waals surface area contributed by atoms with E-state index in [9.17, 15) is 0 Å². The number of allylic oxidation sites excluding steroid dienone is 1. The molecule has 0 saturated carbocycles. The molecule has 3 heteroatoms. The summed E-state index contributed by atoms with van der Waals surface area (Å²) in [6.07, 6.45) is 8.78. The minimum absolute atomic E-state index is 0.120. The Balaban J connectivity index is 1.71. The smallest absolute Gasteiger partial charge is 0.0471 e. The quantitative estimate of drug-likeness (QED) is 0.553. The molecule has 2 saturated heterocycles. The van der Waals surface area contributed by atoms with Crippen LogP contribution in [0.2, 0.25) is 5.02 Å². The highest BCUT2D eigenvalue weighted by atomic mass is 35.5. The van der Waals surface area contributed by atoms with Crippen LogP contribution in [0.5, 0.6) is 0 Å². The zero-order valence-corrected chi connectivity index (χ0v) is 18.3. The van der Waals surface area contributed by atoms with Crippen molar-refractivity contribution in [3.05, 3.63) is 46.5 Å². The molecule has 0 bridgehead atoms. The summed E-state index contributed by atoms with van der Waals surface area (Å²) >= 11 is 6.10. The van der Waals surface area contributed by atoms with E-state index in [0.29, 0.717) is 11.5 Å². The average molecular weight is 390 g/mol. The monoisotopic (exact) mass is 389 g/mol. The van der Waals surface area contributed by atoms with Crippen molar-refractivity contribution in [3.8, 4) is 0 Å². The predicted octanol–water partition coefficient (Wildman–Crippen LogP) is 6.24. The number of hydrogen-bond acceptors (Lipinski definition) is 2. The van der Waals surface area contributed by atoms with Crippen LogP contribution in [-0.4, -0.2) is 37.2 Å². The van der Waals surface area contributed by atoms with E-state index in [1.807, 2.05) is 12.1 Å². The first-order chi connectivity index (χ1) is 12.8. The van der Waals surface area contributed by atoms with Gasteiger partial charge in [0, 0.05) is 24.3 Å². The number of likely N-dealkylation sites (tertiary alicyclic amines) is 1. The van der Waals surface area contributed by atoms with E-state index in [0.717, 1.165) is 24.7 Å². The van der Waals surface area contributed by atoms with Gasteiger partial charge >= 0.3 is 0 Å². The van der Waals surface area contributed by atoms with Gasteiger partial charge in [-0.15, -0.1) is 0 Å². The Morgan fingerprint density at radius 3 is 2.26 bits per heavy atom. The number of halogens is 1. The number of ether oxygens (including phenoxy) is 1. The molecule has 0 N–H and O–H groups in total. The molecule has 1 spiro atoms. The second kappa shape index (κ2) is 8.68. The van der Waals surface area contributed by atoms with Crippen molar-refractivity contribution in [1.82, 2.24) is 4.90 Å². The van der Waals surface area contributed by atoms with Crippen LogP contribution in [0, 0.1) is 5.41 Å². The van der Waals surface area contributed by atoms with Crippen LogP contribution in [-0.2, 0) is 10.2 Å². The number of hydrogen-bond donors (Lipinski definition) is 0. The van der Waals surface area contributed by atoms with E-state index in [1.165, 1.54) is 49.9 Å². The first kappa shape index (κ1) is 20.9. The lowest BCUT2D eigenvalue weighted by molar-refractivity contribution is -0.0259. The maximum atomic E-state index is 6.10. The Labute approximate surface area is 170 Å². The standard InChI is InChI=1S/C24H36ClNO/c1-19(2)17-22(18-23(3,4)20-5-7-21(25)8-6-20)26-13-9-24(10-14-26)11-15-27-16-12-24/h5-8,17,22H,9-16,18H2,1-4H3. The average Bonchev–Trinajstić information content (AvgIpc) is 2.62. The van der Waals surface area contributed by atoms with Gasteiger partial charge < -0.3 is 4.74 Å². The third-order valence-corrected chi connectivity index (χ3v) is 7.00. The van der Waals surface area contributed by atoms with Gasteiger partial charge in [0.15, 0.2) is 0 Å². The Morgan fingerprint density at radius 1 is 1.11 bits per heavy atom. The molecule has 2 heterocycles. The van der Waals surface area contributed by atoms with Gasteiger partial charge in [-0.25, -0.2) is 0 Å². The highest BCUT2D eigenvalue weighted by Gasteiger charge is 2.38. The fourth-order valence-corrected chi connectivity index (χ4v) is 4.98. The minimum atomic E-state index is 0.120. The molecule has 150 valence electrons. The van der Waals surface area contributed by atoms with Gasteiger partial charge in [-0.2, -0.15) is 0 Å². The van der Waals surface area contributed by atoms with Crippen LogP contribution in [0.4, 0.5) is 0 Å². The molecule has 2 nitrogen and oxygen atoms in total. The number of rotatable bonds is 5. The van der Waals surface area contributed by atoms with Crippen LogP contribution in [0.25, 0.3) is 0 Å². The topological polar surface area (TPSA) is 12.5 Å². The van der Waals surface area contributed by atoms with E-state index in [4.69, 9.17) is 16.3 Å².